The van der Waals surface area contributed by atoms with Crippen LogP contribution in [0.1, 0.15) is 46.5 Å². The lowest BCUT2D eigenvalue weighted by atomic mass is 9.69. The van der Waals surface area contributed by atoms with Gasteiger partial charge in [-0.15, -0.1) is 0 Å². The molecule has 1 aliphatic rings. The average Bonchev–Trinajstić information content (AvgIpc) is 2.33. The molecule has 0 saturated heterocycles. The lowest BCUT2D eigenvalue weighted by molar-refractivity contribution is 0.162. The molecule has 0 amide bonds. The number of nitrogens with one attached hydrogen (secondary N) is 1. The SMILES string of the molecule is CC(C)(C)C1CCCCC1Nc1c(F)cc(F)cc1Br. The molecule has 0 spiro atoms. The summed E-state index contributed by atoms with van der Waals surface area (Å²) in [7, 11) is 0. The molecule has 0 aromatic heterocycles. The van der Waals surface area contributed by atoms with Crippen molar-refractivity contribution in [3.05, 3.63) is 28.2 Å². The molecule has 0 bridgehead atoms. The van der Waals surface area contributed by atoms with Crippen molar-refractivity contribution in [1.29, 1.82) is 0 Å². The molecular weight excluding hydrogens is 324 g/mol. The first kappa shape index (κ1) is 15.7. The molecule has 2 unspecified atom stereocenters. The van der Waals surface area contributed by atoms with Crippen LogP contribution in [0.25, 0.3) is 0 Å². The third kappa shape index (κ3) is 3.51. The van der Waals surface area contributed by atoms with Crippen molar-refractivity contribution >= 4 is 21.6 Å². The Hall–Kier alpha value is -0.640. The van der Waals surface area contributed by atoms with Crippen LogP contribution in [-0.4, -0.2) is 6.04 Å². The predicted molar refractivity (Wildman–Crippen MR) is 82.9 cm³/mol. The summed E-state index contributed by atoms with van der Waals surface area (Å²) in [6.07, 6.45) is 4.57. The van der Waals surface area contributed by atoms with Gasteiger partial charge in [-0.2, -0.15) is 0 Å². The first-order chi connectivity index (χ1) is 9.29. The van der Waals surface area contributed by atoms with Gasteiger partial charge in [-0.05, 0) is 46.2 Å². The molecule has 1 aromatic carbocycles. The fourth-order valence-corrected chi connectivity index (χ4v) is 3.73. The molecule has 2 rings (SSSR count). The van der Waals surface area contributed by atoms with E-state index < -0.39 is 11.6 Å². The number of benzene rings is 1. The van der Waals surface area contributed by atoms with E-state index in [9.17, 15) is 8.78 Å². The quantitative estimate of drug-likeness (QED) is 0.720. The van der Waals surface area contributed by atoms with Crippen molar-refractivity contribution in [2.45, 2.75) is 52.5 Å². The highest BCUT2D eigenvalue weighted by atomic mass is 79.9. The van der Waals surface area contributed by atoms with Crippen LogP contribution in [0.5, 0.6) is 0 Å². The van der Waals surface area contributed by atoms with Gasteiger partial charge in [0.2, 0.25) is 0 Å². The van der Waals surface area contributed by atoms with Gasteiger partial charge >= 0.3 is 0 Å². The zero-order chi connectivity index (χ0) is 14.9. The Balaban J connectivity index is 2.23. The highest BCUT2D eigenvalue weighted by molar-refractivity contribution is 9.10. The summed E-state index contributed by atoms with van der Waals surface area (Å²) >= 11 is 3.25. The molecule has 1 nitrogen and oxygen atoms in total. The highest BCUT2D eigenvalue weighted by Gasteiger charge is 2.34. The number of rotatable bonds is 2. The maximum Gasteiger partial charge on any atom is 0.150 e. The Morgan fingerprint density at radius 1 is 1.15 bits per heavy atom. The second kappa shape index (κ2) is 6.00. The average molecular weight is 346 g/mol. The second-order valence-electron chi connectivity index (χ2n) is 6.75. The molecule has 1 aliphatic carbocycles. The molecule has 1 N–H and O–H groups in total. The van der Waals surface area contributed by atoms with Gasteiger partial charge < -0.3 is 5.32 Å². The van der Waals surface area contributed by atoms with Crippen LogP contribution in [0.3, 0.4) is 0 Å². The van der Waals surface area contributed by atoms with E-state index in [0.717, 1.165) is 25.3 Å². The highest BCUT2D eigenvalue weighted by Crippen LogP contribution is 2.40. The van der Waals surface area contributed by atoms with Crippen LogP contribution in [-0.2, 0) is 0 Å². The fraction of sp³-hybridized carbons (Fsp3) is 0.625. The summed E-state index contributed by atoms with van der Waals surface area (Å²) in [6.45, 7) is 6.69. The minimum atomic E-state index is -0.559. The van der Waals surface area contributed by atoms with Crippen molar-refractivity contribution in [1.82, 2.24) is 0 Å². The summed E-state index contributed by atoms with van der Waals surface area (Å²) in [6, 6.07) is 2.47. The van der Waals surface area contributed by atoms with E-state index in [2.05, 4.69) is 42.0 Å². The van der Waals surface area contributed by atoms with Crippen molar-refractivity contribution in [3.63, 3.8) is 0 Å². The van der Waals surface area contributed by atoms with Crippen LogP contribution in [0.2, 0.25) is 0 Å². The number of hydrogen-bond acceptors (Lipinski definition) is 1. The third-order valence-electron chi connectivity index (χ3n) is 4.21. The Morgan fingerprint density at radius 3 is 2.40 bits per heavy atom. The molecule has 112 valence electrons. The number of anilines is 1. The maximum absolute atomic E-state index is 14.0. The van der Waals surface area contributed by atoms with Crippen molar-refractivity contribution in [3.8, 4) is 0 Å². The predicted octanol–water partition coefficient (Wildman–Crippen LogP) is 5.74. The zero-order valence-electron chi connectivity index (χ0n) is 12.3. The van der Waals surface area contributed by atoms with Gasteiger partial charge in [0, 0.05) is 16.6 Å². The molecule has 20 heavy (non-hydrogen) atoms. The van der Waals surface area contributed by atoms with Gasteiger partial charge in [0.15, 0.2) is 0 Å². The number of hydrogen-bond donors (Lipinski definition) is 1. The van der Waals surface area contributed by atoms with E-state index in [0.29, 0.717) is 16.1 Å². The van der Waals surface area contributed by atoms with E-state index in [4.69, 9.17) is 0 Å². The van der Waals surface area contributed by atoms with Crippen LogP contribution >= 0.6 is 15.9 Å². The molecule has 2 atom stereocenters. The largest absolute Gasteiger partial charge is 0.379 e. The lowest BCUT2D eigenvalue weighted by Gasteiger charge is -2.41. The van der Waals surface area contributed by atoms with E-state index >= 15 is 0 Å². The molecular formula is C16H22BrF2N. The molecule has 1 aromatic rings. The molecule has 4 heteroatoms. The van der Waals surface area contributed by atoms with Crippen molar-refractivity contribution in [2.75, 3.05) is 5.32 Å². The smallest absolute Gasteiger partial charge is 0.150 e. The minimum absolute atomic E-state index is 0.182. The summed E-state index contributed by atoms with van der Waals surface area (Å²) < 4.78 is 27.6. The van der Waals surface area contributed by atoms with Crippen LogP contribution in [0.15, 0.2) is 16.6 Å². The molecule has 0 heterocycles. The van der Waals surface area contributed by atoms with Crippen molar-refractivity contribution in [2.24, 2.45) is 11.3 Å². The van der Waals surface area contributed by atoms with Gasteiger partial charge in [-0.3, -0.25) is 0 Å². The zero-order valence-corrected chi connectivity index (χ0v) is 13.9. The summed E-state index contributed by atoms with van der Waals surface area (Å²) in [4.78, 5) is 0. The Bertz CT molecular complexity index is 459. The normalized spacial score (nSPS) is 23.7. The van der Waals surface area contributed by atoms with E-state index in [1.54, 1.807) is 0 Å². The minimum Gasteiger partial charge on any atom is -0.379 e. The van der Waals surface area contributed by atoms with Gasteiger partial charge in [0.05, 0.1) is 5.69 Å². The van der Waals surface area contributed by atoms with E-state index in [1.165, 1.54) is 12.5 Å². The van der Waals surface area contributed by atoms with Gasteiger partial charge in [0.1, 0.15) is 11.6 Å². The summed E-state index contributed by atoms with van der Waals surface area (Å²) in [5, 5.41) is 3.31. The topological polar surface area (TPSA) is 12.0 Å². The van der Waals surface area contributed by atoms with Gasteiger partial charge in [-0.1, -0.05) is 33.6 Å². The Morgan fingerprint density at radius 2 is 1.80 bits per heavy atom. The van der Waals surface area contributed by atoms with E-state index in [-0.39, 0.29) is 11.5 Å². The molecule has 0 radical (unpaired) electrons. The molecule has 0 aliphatic heterocycles. The van der Waals surface area contributed by atoms with Crippen LogP contribution in [0, 0.1) is 23.0 Å². The summed E-state index contributed by atoms with van der Waals surface area (Å²) in [5.74, 6) is -0.598. The number of halogens is 3. The Kier molecular flexibility index (Phi) is 4.73. The fourth-order valence-electron chi connectivity index (χ4n) is 3.21. The Labute approximate surface area is 128 Å². The molecule has 1 fully saturated rings. The van der Waals surface area contributed by atoms with Gasteiger partial charge in [0.25, 0.3) is 0 Å². The van der Waals surface area contributed by atoms with Crippen LogP contribution < -0.4 is 5.32 Å². The van der Waals surface area contributed by atoms with Crippen LogP contribution in [0.4, 0.5) is 14.5 Å². The second-order valence-corrected chi connectivity index (χ2v) is 7.61. The monoisotopic (exact) mass is 345 g/mol. The third-order valence-corrected chi connectivity index (χ3v) is 4.84. The molecule has 1 saturated carbocycles. The standard InChI is InChI=1S/C16H22BrF2N/c1-16(2,3)11-6-4-5-7-14(11)20-15-12(17)8-10(18)9-13(15)19/h8-9,11,14,20H,4-7H2,1-3H3. The first-order valence-corrected chi connectivity index (χ1v) is 7.99. The van der Waals surface area contributed by atoms with Crippen molar-refractivity contribution < 1.29 is 8.78 Å². The van der Waals surface area contributed by atoms with E-state index in [1.807, 2.05) is 0 Å². The lowest BCUT2D eigenvalue weighted by Crippen LogP contribution is -2.40. The first-order valence-electron chi connectivity index (χ1n) is 7.20. The summed E-state index contributed by atoms with van der Waals surface area (Å²) in [5.41, 5.74) is 0.564. The maximum atomic E-state index is 14.0. The van der Waals surface area contributed by atoms with Gasteiger partial charge in [-0.25, -0.2) is 8.78 Å².